The number of carbonyl (C=O) groups is 1. The molecule has 8 heteroatoms. The largest absolute Gasteiger partial charge is 0.374 e. The molecule has 2 aromatic heterocycles. The highest BCUT2D eigenvalue weighted by Crippen LogP contribution is 2.40. The van der Waals surface area contributed by atoms with E-state index in [0.717, 1.165) is 29.4 Å². The van der Waals surface area contributed by atoms with Gasteiger partial charge in [0.15, 0.2) is 5.60 Å². The summed E-state index contributed by atoms with van der Waals surface area (Å²) in [6, 6.07) is 22.2. The molecule has 1 atom stereocenters. The number of amides is 1. The number of nitrogens with zero attached hydrogens (tertiary/aromatic N) is 3. The highest BCUT2D eigenvalue weighted by atomic mass is 35.5. The first-order valence-electron chi connectivity index (χ1n) is 12.3. The molecule has 1 fully saturated rings. The third kappa shape index (κ3) is 4.45. The van der Waals surface area contributed by atoms with Crippen molar-refractivity contribution in [1.29, 1.82) is 0 Å². The minimum atomic E-state index is -1.52. The molecule has 0 bridgehead atoms. The molecule has 3 aromatic carbocycles. The number of anilines is 1. The van der Waals surface area contributed by atoms with E-state index in [9.17, 15) is 9.90 Å². The Morgan fingerprint density at radius 3 is 2.45 bits per heavy atom. The number of hydrogen-bond donors (Lipinski definition) is 2. The van der Waals surface area contributed by atoms with E-state index in [0.29, 0.717) is 38.2 Å². The van der Waals surface area contributed by atoms with Crippen LogP contribution in [-0.4, -0.2) is 25.5 Å². The van der Waals surface area contributed by atoms with Crippen molar-refractivity contribution in [1.82, 2.24) is 14.5 Å². The number of imidazole rings is 1. The quantitative estimate of drug-likeness (QED) is 0.254. The summed E-state index contributed by atoms with van der Waals surface area (Å²) >= 11 is 12.5. The maximum Gasteiger partial charge on any atom is 0.228 e. The fourth-order valence-corrected chi connectivity index (χ4v) is 5.16. The van der Waals surface area contributed by atoms with Gasteiger partial charge in [0.05, 0.1) is 23.7 Å². The average Bonchev–Trinajstić information content (AvgIpc) is 3.68. The molecule has 0 radical (unpaired) electrons. The van der Waals surface area contributed by atoms with Crippen LogP contribution >= 0.6 is 23.2 Å². The Bertz CT molecular complexity index is 1680. The van der Waals surface area contributed by atoms with Gasteiger partial charge in [0, 0.05) is 28.4 Å². The molecule has 0 aliphatic heterocycles. The highest BCUT2D eigenvalue weighted by Gasteiger charge is 2.37. The smallest absolute Gasteiger partial charge is 0.228 e. The summed E-state index contributed by atoms with van der Waals surface area (Å²) in [5.74, 6) is 0.522. The molecule has 190 valence electrons. The molecule has 5 aromatic rings. The van der Waals surface area contributed by atoms with Gasteiger partial charge in [-0.05, 0) is 77.6 Å². The molecule has 6 rings (SSSR count). The normalized spacial score (nSPS) is 14.8. The predicted molar refractivity (Wildman–Crippen MR) is 150 cm³/mol. The molecular formula is C30H24Cl2N4O2. The fourth-order valence-electron chi connectivity index (χ4n) is 4.84. The second kappa shape index (κ2) is 9.55. The van der Waals surface area contributed by atoms with E-state index < -0.39 is 5.60 Å². The van der Waals surface area contributed by atoms with Crippen LogP contribution in [0.5, 0.6) is 0 Å². The standard InChI is InChI=1S/C30H24Cl2N4O2/c1-36-17-33-16-27(36)30(38,20-7-10-22(31)11-8-20)21-9-12-26-25(14-21)24(19-3-2-4-23(32)13-19)15-28(34-26)35-29(37)18-5-6-18/h2-4,7-18,38H,5-6H2,1H3,(H,34,35,37). The number of carbonyl (C=O) groups excluding carboxylic acids is 1. The molecule has 1 unspecified atom stereocenters. The maximum absolute atomic E-state index is 12.5. The number of rotatable bonds is 6. The van der Waals surface area contributed by atoms with E-state index in [1.165, 1.54) is 0 Å². The van der Waals surface area contributed by atoms with E-state index in [-0.39, 0.29) is 11.8 Å². The minimum absolute atomic E-state index is 0.0150. The van der Waals surface area contributed by atoms with Gasteiger partial charge < -0.3 is 15.0 Å². The van der Waals surface area contributed by atoms with Crippen LogP contribution in [0.15, 0.2) is 85.3 Å². The van der Waals surface area contributed by atoms with Gasteiger partial charge in [-0.2, -0.15) is 0 Å². The molecule has 0 spiro atoms. The van der Waals surface area contributed by atoms with Gasteiger partial charge in [-0.1, -0.05) is 53.5 Å². The van der Waals surface area contributed by atoms with Crippen LogP contribution in [0.2, 0.25) is 10.0 Å². The molecule has 2 N–H and O–H groups in total. The second-order valence-electron chi connectivity index (χ2n) is 9.67. The Morgan fingerprint density at radius 2 is 1.76 bits per heavy atom. The Morgan fingerprint density at radius 1 is 1.00 bits per heavy atom. The summed E-state index contributed by atoms with van der Waals surface area (Å²) in [6.07, 6.45) is 5.12. The van der Waals surface area contributed by atoms with Crippen LogP contribution in [-0.2, 0) is 17.4 Å². The van der Waals surface area contributed by atoms with Crippen LogP contribution in [0.25, 0.3) is 22.0 Å². The summed E-state index contributed by atoms with van der Waals surface area (Å²) in [5, 5.41) is 17.3. The lowest BCUT2D eigenvalue weighted by Gasteiger charge is -2.30. The minimum Gasteiger partial charge on any atom is -0.374 e. The molecule has 1 aliphatic rings. The van der Waals surface area contributed by atoms with Gasteiger partial charge >= 0.3 is 0 Å². The van der Waals surface area contributed by atoms with Gasteiger partial charge in [0.25, 0.3) is 0 Å². The second-order valence-corrected chi connectivity index (χ2v) is 10.5. The molecular weight excluding hydrogens is 519 g/mol. The number of aliphatic hydroxyl groups is 1. The van der Waals surface area contributed by atoms with Crippen molar-refractivity contribution in [3.63, 3.8) is 0 Å². The topological polar surface area (TPSA) is 80.0 Å². The third-order valence-corrected chi connectivity index (χ3v) is 7.50. The Kier molecular flexibility index (Phi) is 6.19. The number of benzene rings is 3. The Hall–Kier alpha value is -3.71. The van der Waals surface area contributed by atoms with E-state index in [1.807, 2.05) is 67.7 Å². The van der Waals surface area contributed by atoms with Gasteiger partial charge in [-0.15, -0.1) is 0 Å². The number of aryl methyl sites for hydroxylation is 1. The van der Waals surface area contributed by atoms with Crippen LogP contribution in [0.1, 0.15) is 29.7 Å². The first kappa shape index (κ1) is 24.6. The van der Waals surface area contributed by atoms with Crippen molar-refractivity contribution in [3.8, 4) is 11.1 Å². The van der Waals surface area contributed by atoms with E-state index in [1.54, 1.807) is 29.2 Å². The third-order valence-electron chi connectivity index (χ3n) is 7.01. The monoisotopic (exact) mass is 542 g/mol. The Balaban J connectivity index is 1.57. The number of hydrogen-bond acceptors (Lipinski definition) is 4. The molecule has 38 heavy (non-hydrogen) atoms. The summed E-state index contributed by atoms with van der Waals surface area (Å²) < 4.78 is 1.80. The van der Waals surface area contributed by atoms with Crippen molar-refractivity contribution in [2.24, 2.45) is 13.0 Å². The summed E-state index contributed by atoms with van der Waals surface area (Å²) in [4.78, 5) is 21.5. The zero-order valence-corrected chi connectivity index (χ0v) is 22.0. The van der Waals surface area contributed by atoms with Crippen molar-refractivity contribution < 1.29 is 9.90 Å². The van der Waals surface area contributed by atoms with Crippen LogP contribution in [0.4, 0.5) is 5.82 Å². The van der Waals surface area contributed by atoms with Gasteiger partial charge in [-0.3, -0.25) is 4.79 Å². The van der Waals surface area contributed by atoms with Crippen molar-refractivity contribution in [2.75, 3.05) is 5.32 Å². The molecule has 1 amide bonds. The van der Waals surface area contributed by atoms with Crippen molar-refractivity contribution in [3.05, 3.63) is 112 Å². The molecule has 1 aliphatic carbocycles. The zero-order chi connectivity index (χ0) is 26.4. The van der Waals surface area contributed by atoms with Crippen molar-refractivity contribution in [2.45, 2.75) is 18.4 Å². The molecule has 0 saturated heterocycles. The SMILES string of the molecule is Cn1cncc1C(O)(c1ccc(Cl)cc1)c1ccc2nc(NC(=O)C3CC3)cc(-c3cccc(Cl)c3)c2c1. The fraction of sp³-hybridized carbons (Fsp3) is 0.167. The van der Waals surface area contributed by atoms with Crippen molar-refractivity contribution >= 4 is 45.8 Å². The predicted octanol–water partition coefficient (Wildman–Crippen LogP) is 6.57. The van der Waals surface area contributed by atoms with Gasteiger partial charge in [0.1, 0.15) is 5.82 Å². The highest BCUT2D eigenvalue weighted by molar-refractivity contribution is 6.31. The molecule has 2 heterocycles. The van der Waals surface area contributed by atoms with Gasteiger partial charge in [0.2, 0.25) is 5.91 Å². The number of aromatic nitrogens is 3. The van der Waals surface area contributed by atoms with Gasteiger partial charge in [-0.25, -0.2) is 9.97 Å². The summed E-state index contributed by atoms with van der Waals surface area (Å²) in [6.45, 7) is 0. The summed E-state index contributed by atoms with van der Waals surface area (Å²) in [5.41, 5.74) is 2.76. The molecule has 1 saturated carbocycles. The average molecular weight is 543 g/mol. The van der Waals surface area contributed by atoms with E-state index in [2.05, 4.69) is 10.3 Å². The number of fused-ring (bicyclic) bond motifs is 1. The Labute approximate surface area is 229 Å². The summed E-state index contributed by atoms with van der Waals surface area (Å²) in [7, 11) is 1.85. The van der Waals surface area contributed by atoms with E-state index >= 15 is 0 Å². The van der Waals surface area contributed by atoms with Crippen LogP contribution < -0.4 is 5.32 Å². The molecule has 6 nitrogen and oxygen atoms in total. The first-order chi connectivity index (χ1) is 18.3. The first-order valence-corrected chi connectivity index (χ1v) is 13.1. The van der Waals surface area contributed by atoms with Crippen LogP contribution in [0, 0.1) is 5.92 Å². The lowest BCUT2D eigenvalue weighted by molar-refractivity contribution is -0.117. The van der Waals surface area contributed by atoms with E-state index in [4.69, 9.17) is 28.2 Å². The maximum atomic E-state index is 12.5. The number of pyridine rings is 1. The lowest BCUT2D eigenvalue weighted by Crippen LogP contribution is -2.31. The number of nitrogens with one attached hydrogen (secondary N) is 1. The zero-order valence-electron chi connectivity index (χ0n) is 20.5. The van der Waals surface area contributed by atoms with Crippen LogP contribution in [0.3, 0.4) is 0 Å². The lowest BCUT2D eigenvalue weighted by atomic mass is 9.82. The number of halogens is 2.